The molecule has 1 heterocycles. The van der Waals surface area contributed by atoms with Crippen LogP contribution >= 0.6 is 0 Å². The zero-order valence-electron chi connectivity index (χ0n) is 8.87. The maximum atomic E-state index is 9.99. The van der Waals surface area contributed by atoms with Gasteiger partial charge in [-0.1, -0.05) is 13.0 Å². The second-order valence-corrected chi connectivity index (χ2v) is 4.00. The standard InChI is InChI=1S/C12H16O2/c1-4-9-12(13)11-8(3)5-7(2)6-10(11)14-9/h5-6,9,12-13H,4H2,1-3H3. The van der Waals surface area contributed by atoms with Crippen molar-refractivity contribution in [3.8, 4) is 5.75 Å². The molecule has 76 valence electrons. The third-order valence-electron chi connectivity index (χ3n) is 2.82. The molecular weight excluding hydrogens is 176 g/mol. The van der Waals surface area contributed by atoms with Gasteiger partial charge in [0.15, 0.2) is 0 Å². The van der Waals surface area contributed by atoms with Crippen LogP contribution in [0.2, 0.25) is 0 Å². The number of hydrogen-bond donors (Lipinski definition) is 1. The molecular formula is C12H16O2. The van der Waals surface area contributed by atoms with Crippen molar-refractivity contribution in [3.05, 3.63) is 28.8 Å². The van der Waals surface area contributed by atoms with Crippen molar-refractivity contribution in [2.45, 2.75) is 39.4 Å². The lowest BCUT2D eigenvalue weighted by molar-refractivity contribution is 0.0651. The fourth-order valence-corrected chi connectivity index (χ4v) is 2.14. The Morgan fingerprint density at radius 2 is 2.07 bits per heavy atom. The van der Waals surface area contributed by atoms with Crippen LogP contribution in [0.4, 0.5) is 0 Å². The highest BCUT2D eigenvalue weighted by Gasteiger charge is 2.32. The van der Waals surface area contributed by atoms with Gasteiger partial charge >= 0.3 is 0 Å². The Balaban J connectivity index is 2.48. The third kappa shape index (κ3) is 1.30. The molecule has 0 saturated heterocycles. The lowest BCUT2D eigenvalue weighted by Gasteiger charge is -2.11. The van der Waals surface area contributed by atoms with E-state index < -0.39 is 6.10 Å². The Kier molecular flexibility index (Phi) is 2.23. The molecule has 0 bridgehead atoms. The lowest BCUT2D eigenvalue weighted by atomic mass is 9.98. The molecule has 2 nitrogen and oxygen atoms in total. The molecule has 1 aromatic rings. The summed E-state index contributed by atoms with van der Waals surface area (Å²) >= 11 is 0. The van der Waals surface area contributed by atoms with Crippen LogP contribution in [0.3, 0.4) is 0 Å². The minimum absolute atomic E-state index is 0.0644. The van der Waals surface area contributed by atoms with E-state index in [9.17, 15) is 5.11 Å². The highest BCUT2D eigenvalue weighted by molar-refractivity contribution is 5.47. The average molecular weight is 192 g/mol. The molecule has 0 fully saturated rings. The highest BCUT2D eigenvalue weighted by atomic mass is 16.5. The summed E-state index contributed by atoms with van der Waals surface area (Å²) in [7, 11) is 0. The van der Waals surface area contributed by atoms with Crippen LogP contribution in [0, 0.1) is 13.8 Å². The Bertz CT molecular complexity index is 358. The van der Waals surface area contributed by atoms with Gasteiger partial charge in [0.2, 0.25) is 0 Å². The first-order valence-corrected chi connectivity index (χ1v) is 5.09. The molecule has 2 heteroatoms. The Morgan fingerprint density at radius 3 is 2.71 bits per heavy atom. The van der Waals surface area contributed by atoms with Gasteiger partial charge in [-0.15, -0.1) is 0 Å². The van der Waals surface area contributed by atoms with Gasteiger partial charge in [0.1, 0.15) is 18.0 Å². The van der Waals surface area contributed by atoms with E-state index in [-0.39, 0.29) is 6.10 Å². The number of aliphatic hydroxyl groups is 1. The number of aliphatic hydroxyl groups excluding tert-OH is 1. The van der Waals surface area contributed by atoms with Gasteiger partial charge in [-0.2, -0.15) is 0 Å². The predicted molar refractivity (Wildman–Crippen MR) is 55.6 cm³/mol. The van der Waals surface area contributed by atoms with Crippen molar-refractivity contribution in [1.82, 2.24) is 0 Å². The molecule has 2 rings (SSSR count). The molecule has 1 aromatic carbocycles. The molecule has 14 heavy (non-hydrogen) atoms. The summed E-state index contributed by atoms with van der Waals surface area (Å²) < 4.78 is 5.68. The molecule has 2 atom stereocenters. The quantitative estimate of drug-likeness (QED) is 0.740. The number of aryl methyl sites for hydroxylation is 2. The van der Waals surface area contributed by atoms with Gasteiger partial charge in [-0.25, -0.2) is 0 Å². The normalized spacial score (nSPS) is 24.6. The summed E-state index contributed by atoms with van der Waals surface area (Å²) in [6, 6.07) is 4.09. The van der Waals surface area contributed by atoms with Crippen LogP contribution < -0.4 is 4.74 Å². The van der Waals surface area contributed by atoms with Crippen molar-refractivity contribution in [2.24, 2.45) is 0 Å². The van der Waals surface area contributed by atoms with E-state index in [1.807, 2.05) is 26.8 Å². The first kappa shape index (κ1) is 9.53. The minimum Gasteiger partial charge on any atom is -0.487 e. The van der Waals surface area contributed by atoms with Crippen LogP contribution in [0.15, 0.2) is 12.1 Å². The number of ether oxygens (including phenoxy) is 1. The maximum absolute atomic E-state index is 9.99. The summed E-state index contributed by atoms with van der Waals surface area (Å²) in [4.78, 5) is 0. The summed E-state index contributed by atoms with van der Waals surface area (Å²) in [5.41, 5.74) is 3.29. The van der Waals surface area contributed by atoms with Gasteiger partial charge in [-0.3, -0.25) is 0 Å². The molecule has 0 amide bonds. The summed E-state index contributed by atoms with van der Waals surface area (Å²) in [6.45, 7) is 6.10. The smallest absolute Gasteiger partial charge is 0.129 e. The van der Waals surface area contributed by atoms with Crippen LogP contribution in [0.1, 0.15) is 36.1 Å². The molecule has 0 spiro atoms. The highest BCUT2D eigenvalue weighted by Crippen LogP contribution is 2.40. The van der Waals surface area contributed by atoms with E-state index in [0.29, 0.717) is 0 Å². The molecule has 1 aliphatic rings. The Labute approximate surface area is 84.5 Å². The topological polar surface area (TPSA) is 29.5 Å². The van der Waals surface area contributed by atoms with Crippen molar-refractivity contribution >= 4 is 0 Å². The molecule has 1 aliphatic heterocycles. The second kappa shape index (κ2) is 3.28. The summed E-state index contributed by atoms with van der Waals surface area (Å²) in [5, 5.41) is 9.99. The number of fused-ring (bicyclic) bond motifs is 1. The lowest BCUT2D eigenvalue weighted by Crippen LogP contribution is -2.16. The van der Waals surface area contributed by atoms with E-state index in [2.05, 4.69) is 6.07 Å². The number of hydrogen-bond acceptors (Lipinski definition) is 2. The van der Waals surface area contributed by atoms with Crippen molar-refractivity contribution in [1.29, 1.82) is 0 Å². The first-order valence-electron chi connectivity index (χ1n) is 5.09. The van der Waals surface area contributed by atoms with Crippen molar-refractivity contribution in [2.75, 3.05) is 0 Å². The second-order valence-electron chi connectivity index (χ2n) is 4.00. The maximum Gasteiger partial charge on any atom is 0.129 e. The predicted octanol–water partition coefficient (Wildman–Crippen LogP) is 2.51. The Morgan fingerprint density at radius 1 is 1.36 bits per heavy atom. The van der Waals surface area contributed by atoms with Gasteiger partial charge in [0, 0.05) is 5.56 Å². The monoisotopic (exact) mass is 192 g/mol. The third-order valence-corrected chi connectivity index (χ3v) is 2.82. The van der Waals surface area contributed by atoms with E-state index in [0.717, 1.165) is 23.3 Å². The molecule has 0 aliphatic carbocycles. The van der Waals surface area contributed by atoms with Gasteiger partial charge < -0.3 is 9.84 Å². The summed E-state index contributed by atoms with van der Waals surface area (Å²) in [6.07, 6.45) is 0.329. The van der Waals surface area contributed by atoms with Gasteiger partial charge in [0.25, 0.3) is 0 Å². The van der Waals surface area contributed by atoms with E-state index in [4.69, 9.17) is 4.74 Å². The summed E-state index contributed by atoms with van der Waals surface area (Å²) in [5.74, 6) is 0.863. The number of benzene rings is 1. The van der Waals surface area contributed by atoms with Crippen molar-refractivity contribution in [3.63, 3.8) is 0 Å². The van der Waals surface area contributed by atoms with Crippen molar-refractivity contribution < 1.29 is 9.84 Å². The van der Waals surface area contributed by atoms with E-state index in [1.54, 1.807) is 0 Å². The van der Waals surface area contributed by atoms with E-state index in [1.165, 1.54) is 5.56 Å². The van der Waals surface area contributed by atoms with Crippen LogP contribution in [-0.2, 0) is 0 Å². The molecule has 0 aromatic heterocycles. The van der Waals surface area contributed by atoms with Crippen LogP contribution in [0.25, 0.3) is 0 Å². The minimum atomic E-state index is -0.449. The first-order chi connectivity index (χ1) is 6.63. The Hall–Kier alpha value is -1.02. The van der Waals surface area contributed by atoms with Gasteiger partial charge in [-0.05, 0) is 37.5 Å². The molecule has 1 N–H and O–H groups in total. The van der Waals surface area contributed by atoms with E-state index >= 15 is 0 Å². The van der Waals surface area contributed by atoms with Crippen LogP contribution in [-0.4, -0.2) is 11.2 Å². The fraction of sp³-hybridized carbons (Fsp3) is 0.500. The van der Waals surface area contributed by atoms with Crippen LogP contribution in [0.5, 0.6) is 5.75 Å². The molecule has 0 saturated carbocycles. The fourth-order valence-electron chi connectivity index (χ4n) is 2.14. The zero-order valence-corrected chi connectivity index (χ0v) is 8.87. The number of rotatable bonds is 1. The average Bonchev–Trinajstić information content (AvgIpc) is 2.42. The largest absolute Gasteiger partial charge is 0.487 e. The SMILES string of the molecule is CCC1Oc2cc(C)cc(C)c2C1O. The van der Waals surface area contributed by atoms with Gasteiger partial charge in [0.05, 0.1) is 0 Å². The molecule has 0 radical (unpaired) electrons. The zero-order chi connectivity index (χ0) is 10.3. The molecule has 2 unspecified atom stereocenters.